The molecule has 0 fully saturated rings. The molecule has 0 aliphatic heterocycles. The van der Waals surface area contributed by atoms with Crippen molar-refractivity contribution in [2.75, 3.05) is 0 Å². The minimum Gasteiger partial charge on any atom is -0.484 e. The van der Waals surface area contributed by atoms with Crippen LogP contribution >= 0.6 is 34.7 Å². The summed E-state index contributed by atoms with van der Waals surface area (Å²) in [5.41, 5.74) is 2.09. The van der Waals surface area contributed by atoms with E-state index in [9.17, 15) is 4.39 Å². The summed E-state index contributed by atoms with van der Waals surface area (Å²) < 4.78 is 20.9. The average molecular weight is 473 g/mol. The predicted molar refractivity (Wildman–Crippen MR) is 123 cm³/mol. The Morgan fingerprint density at radius 3 is 2.81 bits per heavy atom. The Bertz CT molecular complexity index is 1180. The molecule has 0 spiro atoms. The predicted octanol–water partition coefficient (Wildman–Crippen LogP) is 6.25. The molecule has 4 rings (SSSR count). The molecule has 0 aliphatic carbocycles. The molecule has 2 aromatic heterocycles. The molecule has 0 unspecified atom stereocenters. The second kappa shape index (κ2) is 10.1. The van der Waals surface area contributed by atoms with Crippen LogP contribution in [-0.2, 0) is 18.9 Å². The third-order valence-corrected chi connectivity index (χ3v) is 6.51. The van der Waals surface area contributed by atoms with Gasteiger partial charge in [-0.1, -0.05) is 59.8 Å². The maximum absolute atomic E-state index is 13.2. The number of ether oxygens (including phenoxy) is 1. The van der Waals surface area contributed by atoms with Crippen LogP contribution in [0.3, 0.4) is 0 Å². The van der Waals surface area contributed by atoms with Crippen LogP contribution in [0.15, 0.2) is 71.7 Å². The molecule has 0 N–H and O–H groups in total. The van der Waals surface area contributed by atoms with Gasteiger partial charge >= 0.3 is 0 Å². The zero-order valence-electron chi connectivity index (χ0n) is 16.4. The van der Waals surface area contributed by atoms with Crippen molar-refractivity contribution in [1.82, 2.24) is 19.7 Å². The minimum absolute atomic E-state index is 0.154. The molecular weight excluding hydrogens is 455 g/mol. The van der Waals surface area contributed by atoms with Crippen LogP contribution in [0.1, 0.15) is 11.5 Å². The Labute approximate surface area is 192 Å². The lowest BCUT2D eigenvalue weighted by Crippen LogP contribution is -2.07. The number of hydrogen-bond acceptors (Lipinski definition) is 6. The fourth-order valence-corrected chi connectivity index (χ4v) is 4.82. The molecular formula is C22H18ClFN4OS2. The molecule has 9 heteroatoms. The number of aromatic nitrogens is 4. The first-order valence-corrected chi connectivity index (χ1v) is 11.6. The second-order valence-electron chi connectivity index (χ2n) is 6.46. The quantitative estimate of drug-likeness (QED) is 0.213. The van der Waals surface area contributed by atoms with Crippen molar-refractivity contribution in [2.24, 2.45) is 0 Å². The van der Waals surface area contributed by atoms with Crippen molar-refractivity contribution in [1.29, 1.82) is 0 Å². The number of hydrogen-bond donors (Lipinski definition) is 0. The molecule has 0 saturated heterocycles. The molecule has 5 nitrogen and oxygen atoms in total. The van der Waals surface area contributed by atoms with E-state index in [-0.39, 0.29) is 11.6 Å². The number of rotatable bonds is 9. The summed E-state index contributed by atoms with van der Waals surface area (Å²) in [5.74, 6) is 1.28. The van der Waals surface area contributed by atoms with E-state index in [1.165, 1.54) is 18.2 Å². The van der Waals surface area contributed by atoms with Gasteiger partial charge in [0.25, 0.3) is 0 Å². The van der Waals surface area contributed by atoms with Gasteiger partial charge in [-0.25, -0.2) is 9.37 Å². The van der Waals surface area contributed by atoms with Crippen molar-refractivity contribution in [2.45, 2.75) is 24.1 Å². The van der Waals surface area contributed by atoms with E-state index >= 15 is 0 Å². The molecule has 2 heterocycles. The van der Waals surface area contributed by atoms with Crippen LogP contribution in [0.5, 0.6) is 5.75 Å². The van der Waals surface area contributed by atoms with Crippen LogP contribution in [0.25, 0.3) is 10.6 Å². The largest absolute Gasteiger partial charge is 0.484 e. The standard InChI is InChI=1S/C22H18ClFN4OS2/c1-2-10-28-20(12-29-19-9-8-16(24)11-18(19)23)26-27-22(28)31-14-17-13-30-21(25-17)15-6-4-3-5-7-15/h2-9,11,13H,1,10,12,14H2. The molecule has 31 heavy (non-hydrogen) atoms. The minimum atomic E-state index is -0.414. The van der Waals surface area contributed by atoms with Crippen molar-refractivity contribution in [3.8, 4) is 16.3 Å². The van der Waals surface area contributed by atoms with Crippen molar-refractivity contribution in [3.05, 3.63) is 88.9 Å². The van der Waals surface area contributed by atoms with E-state index in [1.54, 1.807) is 29.2 Å². The highest BCUT2D eigenvalue weighted by atomic mass is 35.5. The number of halogens is 2. The molecule has 2 aromatic carbocycles. The zero-order valence-corrected chi connectivity index (χ0v) is 18.8. The van der Waals surface area contributed by atoms with Crippen molar-refractivity contribution in [3.63, 3.8) is 0 Å². The van der Waals surface area contributed by atoms with Gasteiger partial charge in [0.15, 0.2) is 11.0 Å². The summed E-state index contributed by atoms with van der Waals surface area (Å²) in [6.45, 7) is 4.51. The number of nitrogens with zero attached hydrogens (tertiary/aromatic N) is 4. The number of thiazole rings is 1. The topological polar surface area (TPSA) is 52.8 Å². The summed E-state index contributed by atoms with van der Waals surface area (Å²) in [4.78, 5) is 4.72. The van der Waals surface area contributed by atoms with Crippen LogP contribution < -0.4 is 4.74 Å². The molecule has 0 atom stereocenters. The van der Waals surface area contributed by atoms with E-state index < -0.39 is 5.82 Å². The van der Waals surface area contributed by atoms with E-state index in [4.69, 9.17) is 21.3 Å². The Morgan fingerprint density at radius 2 is 2.03 bits per heavy atom. The Balaban J connectivity index is 1.43. The summed E-state index contributed by atoms with van der Waals surface area (Å²) in [6.07, 6.45) is 1.78. The fraction of sp³-hybridized carbons (Fsp3) is 0.136. The van der Waals surface area contributed by atoms with Gasteiger partial charge in [-0.15, -0.1) is 28.1 Å². The second-order valence-corrected chi connectivity index (χ2v) is 8.67. The molecule has 0 radical (unpaired) electrons. The highest BCUT2D eigenvalue weighted by molar-refractivity contribution is 7.98. The molecule has 0 saturated carbocycles. The SMILES string of the molecule is C=CCn1c(COc2ccc(F)cc2Cl)nnc1SCc1csc(-c2ccccc2)n1. The van der Waals surface area contributed by atoms with Gasteiger partial charge in [0.05, 0.1) is 10.7 Å². The highest BCUT2D eigenvalue weighted by Gasteiger charge is 2.14. The Kier molecular flexibility index (Phi) is 7.01. The zero-order chi connectivity index (χ0) is 21.6. The van der Waals surface area contributed by atoms with E-state index in [0.29, 0.717) is 23.9 Å². The van der Waals surface area contributed by atoms with Crippen LogP contribution in [0.2, 0.25) is 5.02 Å². The third kappa shape index (κ3) is 5.33. The lowest BCUT2D eigenvalue weighted by Gasteiger charge is -2.10. The lowest BCUT2D eigenvalue weighted by molar-refractivity contribution is 0.289. The van der Waals surface area contributed by atoms with Gasteiger partial charge in [0, 0.05) is 23.2 Å². The van der Waals surface area contributed by atoms with Gasteiger partial charge < -0.3 is 4.74 Å². The van der Waals surface area contributed by atoms with Crippen LogP contribution in [0.4, 0.5) is 4.39 Å². The normalized spacial score (nSPS) is 10.9. The Hall–Kier alpha value is -2.68. The third-order valence-electron chi connectivity index (χ3n) is 4.28. The van der Waals surface area contributed by atoms with Gasteiger partial charge in [-0.05, 0) is 18.2 Å². The van der Waals surface area contributed by atoms with Crippen LogP contribution in [-0.4, -0.2) is 19.7 Å². The molecule has 0 aliphatic rings. The summed E-state index contributed by atoms with van der Waals surface area (Å²) in [6, 6.07) is 14.1. The fourth-order valence-electron chi connectivity index (χ4n) is 2.80. The van der Waals surface area contributed by atoms with Crippen molar-refractivity contribution < 1.29 is 9.13 Å². The van der Waals surface area contributed by atoms with Gasteiger partial charge in [-0.3, -0.25) is 4.57 Å². The summed E-state index contributed by atoms with van der Waals surface area (Å²) in [7, 11) is 0. The van der Waals surface area contributed by atoms with Crippen molar-refractivity contribution >= 4 is 34.7 Å². The van der Waals surface area contributed by atoms with E-state index in [2.05, 4.69) is 34.3 Å². The molecule has 0 bridgehead atoms. The van der Waals surface area contributed by atoms with E-state index in [1.807, 2.05) is 22.8 Å². The number of allylic oxidation sites excluding steroid dienone is 1. The number of benzene rings is 2. The van der Waals surface area contributed by atoms with Crippen LogP contribution in [0, 0.1) is 5.82 Å². The maximum atomic E-state index is 13.2. The van der Waals surface area contributed by atoms with Gasteiger partial charge in [0.1, 0.15) is 23.2 Å². The Morgan fingerprint density at radius 1 is 1.19 bits per heavy atom. The summed E-state index contributed by atoms with van der Waals surface area (Å²) >= 11 is 9.21. The number of thioether (sulfide) groups is 1. The average Bonchev–Trinajstić information content (AvgIpc) is 3.40. The maximum Gasteiger partial charge on any atom is 0.191 e. The van der Waals surface area contributed by atoms with Gasteiger partial charge in [-0.2, -0.15) is 0 Å². The molecule has 4 aromatic rings. The summed E-state index contributed by atoms with van der Waals surface area (Å²) in [5, 5.41) is 12.6. The monoisotopic (exact) mass is 472 g/mol. The highest BCUT2D eigenvalue weighted by Crippen LogP contribution is 2.29. The van der Waals surface area contributed by atoms with E-state index in [0.717, 1.165) is 21.4 Å². The first-order valence-electron chi connectivity index (χ1n) is 9.37. The first-order chi connectivity index (χ1) is 15.1. The molecule has 158 valence electrons. The smallest absolute Gasteiger partial charge is 0.191 e. The first kappa shape index (κ1) is 21.5. The molecule has 0 amide bonds. The lowest BCUT2D eigenvalue weighted by atomic mass is 10.2. The van der Waals surface area contributed by atoms with Gasteiger partial charge in [0.2, 0.25) is 0 Å².